The van der Waals surface area contributed by atoms with Crippen LogP contribution in [0.2, 0.25) is 0 Å². The van der Waals surface area contributed by atoms with E-state index in [0.29, 0.717) is 37.7 Å². The molecule has 0 aromatic carbocycles. The number of anilines is 1. The van der Waals surface area contributed by atoms with Crippen molar-refractivity contribution in [2.45, 2.75) is 46.1 Å². The van der Waals surface area contributed by atoms with Crippen LogP contribution in [0.1, 0.15) is 45.1 Å². The monoisotopic (exact) mass is 354 g/mol. The van der Waals surface area contributed by atoms with Crippen molar-refractivity contribution in [3.8, 4) is 0 Å². The van der Waals surface area contributed by atoms with Gasteiger partial charge in [0.25, 0.3) is 6.43 Å². The topological polar surface area (TPSA) is 58.6 Å². The van der Waals surface area contributed by atoms with Crippen LogP contribution >= 0.6 is 0 Å². The molecule has 2 saturated heterocycles. The minimum atomic E-state index is -2.68. The zero-order valence-corrected chi connectivity index (χ0v) is 15.1. The highest BCUT2D eigenvalue weighted by atomic mass is 19.3. The Labute approximate surface area is 146 Å². The Morgan fingerprint density at radius 1 is 1.28 bits per heavy atom. The summed E-state index contributed by atoms with van der Waals surface area (Å²) in [5.41, 5.74) is 0.0201. The van der Waals surface area contributed by atoms with Crippen molar-refractivity contribution < 1.29 is 18.3 Å². The van der Waals surface area contributed by atoms with E-state index in [9.17, 15) is 13.6 Å². The molecule has 1 aromatic heterocycles. The average Bonchev–Trinajstić information content (AvgIpc) is 2.88. The molecule has 138 valence electrons. The summed E-state index contributed by atoms with van der Waals surface area (Å²) >= 11 is 0. The molecule has 1 aromatic rings. The molecule has 2 aliphatic heterocycles. The summed E-state index contributed by atoms with van der Waals surface area (Å²) in [5, 5.41) is 0. The molecular formula is C17H24F2N4O2. The fourth-order valence-corrected chi connectivity index (χ4v) is 3.44. The number of ether oxygens (including phenoxy) is 1. The van der Waals surface area contributed by atoms with Gasteiger partial charge in [0.15, 0.2) is 5.82 Å². The molecule has 0 radical (unpaired) electrons. The molecule has 6 nitrogen and oxygen atoms in total. The fraction of sp³-hybridized carbons (Fsp3) is 0.706. The second-order valence-corrected chi connectivity index (χ2v) is 8.03. The quantitative estimate of drug-likeness (QED) is 0.816. The highest BCUT2D eigenvalue weighted by Crippen LogP contribution is 2.42. The molecule has 0 N–H and O–H groups in total. The van der Waals surface area contributed by atoms with Gasteiger partial charge in [-0.2, -0.15) is 0 Å². The Kier molecular flexibility index (Phi) is 4.33. The van der Waals surface area contributed by atoms with Crippen molar-refractivity contribution in [1.29, 1.82) is 0 Å². The first-order valence-electron chi connectivity index (χ1n) is 8.44. The van der Waals surface area contributed by atoms with Crippen LogP contribution in [0.25, 0.3) is 0 Å². The lowest BCUT2D eigenvalue weighted by atomic mass is 9.79. The summed E-state index contributed by atoms with van der Waals surface area (Å²) in [6.07, 6.45) is -2.09. The molecule has 0 atom stereocenters. The van der Waals surface area contributed by atoms with Crippen LogP contribution in [0.15, 0.2) is 6.07 Å². The molecule has 25 heavy (non-hydrogen) atoms. The summed E-state index contributed by atoms with van der Waals surface area (Å²) in [5.74, 6) is 0.0990. The van der Waals surface area contributed by atoms with Crippen LogP contribution < -0.4 is 4.90 Å². The number of hydrogen-bond acceptors (Lipinski definition) is 5. The Morgan fingerprint density at radius 2 is 1.96 bits per heavy atom. The second kappa shape index (κ2) is 6.07. The number of nitrogens with zero attached hydrogens (tertiary/aromatic N) is 4. The van der Waals surface area contributed by atoms with Crippen LogP contribution in [0.3, 0.4) is 0 Å². The van der Waals surface area contributed by atoms with Gasteiger partial charge in [-0.3, -0.25) is 0 Å². The molecule has 3 rings (SSSR count). The largest absolute Gasteiger partial charge is 0.444 e. The molecule has 0 saturated carbocycles. The van der Waals surface area contributed by atoms with Gasteiger partial charge in [0.2, 0.25) is 0 Å². The normalized spacial score (nSPS) is 19.5. The van der Waals surface area contributed by atoms with E-state index in [1.807, 2.05) is 25.7 Å². The third kappa shape index (κ3) is 3.82. The highest BCUT2D eigenvalue weighted by Gasteiger charge is 2.49. The molecule has 1 amide bonds. The van der Waals surface area contributed by atoms with E-state index in [0.717, 1.165) is 6.42 Å². The smallest absolute Gasteiger partial charge is 0.410 e. The van der Waals surface area contributed by atoms with Gasteiger partial charge in [0.1, 0.15) is 11.4 Å². The van der Waals surface area contributed by atoms with Gasteiger partial charge in [-0.15, -0.1) is 0 Å². The standard InChI is InChI=1S/C17H24F2N4O2/c1-11-7-12(21-14(20-11)13(18)19)23-9-17(10-23)5-6-22(8-17)15(24)25-16(2,3)4/h7,13H,5-6,8-10H2,1-4H3. The lowest BCUT2D eigenvalue weighted by Crippen LogP contribution is -2.58. The SMILES string of the molecule is Cc1cc(N2CC3(CCN(C(=O)OC(C)(C)C)C3)C2)nc(C(F)F)n1. The maximum atomic E-state index is 12.9. The Morgan fingerprint density at radius 3 is 2.56 bits per heavy atom. The van der Waals surface area contributed by atoms with Crippen molar-refractivity contribution in [3.63, 3.8) is 0 Å². The minimum Gasteiger partial charge on any atom is -0.444 e. The van der Waals surface area contributed by atoms with E-state index < -0.39 is 17.9 Å². The van der Waals surface area contributed by atoms with Crippen molar-refractivity contribution in [2.75, 3.05) is 31.1 Å². The lowest BCUT2D eigenvalue weighted by Gasteiger charge is -2.48. The molecule has 2 aliphatic rings. The lowest BCUT2D eigenvalue weighted by molar-refractivity contribution is 0.0265. The van der Waals surface area contributed by atoms with Gasteiger partial charge >= 0.3 is 6.09 Å². The van der Waals surface area contributed by atoms with E-state index >= 15 is 0 Å². The summed E-state index contributed by atoms with van der Waals surface area (Å²) in [4.78, 5) is 23.6. The highest BCUT2D eigenvalue weighted by molar-refractivity contribution is 5.69. The van der Waals surface area contributed by atoms with E-state index in [-0.39, 0.29) is 11.5 Å². The summed E-state index contributed by atoms with van der Waals surface area (Å²) in [6.45, 7) is 9.92. The maximum Gasteiger partial charge on any atom is 0.410 e. The molecular weight excluding hydrogens is 330 g/mol. The van der Waals surface area contributed by atoms with Gasteiger partial charge in [-0.1, -0.05) is 0 Å². The van der Waals surface area contributed by atoms with E-state index in [2.05, 4.69) is 9.97 Å². The molecule has 1 spiro atoms. The van der Waals surface area contributed by atoms with Crippen LogP contribution in [0.5, 0.6) is 0 Å². The van der Waals surface area contributed by atoms with Gasteiger partial charge in [0.05, 0.1) is 0 Å². The van der Waals surface area contributed by atoms with Gasteiger partial charge in [-0.25, -0.2) is 23.5 Å². The van der Waals surface area contributed by atoms with Crippen LogP contribution in [-0.2, 0) is 4.74 Å². The molecule has 8 heteroatoms. The Bertz CT molecular complexity index is 669. The fourth-order valence-electron chi connectivity index (χ4n) is 3.44. The number of hydrogen-bond donors (Lipinski definition) is 0. The van der Waals surface area contributed by atoms with Crippen molar-refractivity contribution in [2.24, 2.45) is 5.41 Å². The molecule has 0 unspecified atom stereocenters. The third-order valence-corrected chi connectivity index (χ3v) is 4.52. The minimum absolute atomic E-state index is 0.000747. The number of halogens is 2. The number of aryl methyl sites for hydroxylation is 1. The number of alkyl halides is 2. The predicted octanol–water partition coefficient (Wildman–Crippen LogP) is 3.17. The Balaban J connectivity index is 1.62. The zero-order chi connectivity index (χ0) is 18.4. The van der Waals surface area contributed by atoms with Gasteiger partial charge in [0, 0.05) is 43.4 Å². The predicted molar refractivity (Wildman–Crippen MR) is 88.8 cm³/mol. The van der Waals surface area contributed by atoms with Gasteiger partial charge in [-0.05, 0) is 34.1 Å². The first-order chi connectivity index (χ1) is 11.6. The third-order valence-electron chi connectivity index (χ3n) is 4.52. The van der Waals surface area contributed by atoms with E-state index in [1.165, 1.54) is 0 Å². The number of carbonyl (C=O) groups is 1. The van der Waals surface area contributed by atoms with E-state index in [4.69, 9.17) is 4.74 Å². The summed E-state index contributed by atoms with van der Waals surface area (Å²) < 4.78 is 31.2. The number of aromatic nitrogens is 2. The number of amides is 1. The number of rotatable bonds is 2. The van der Waals surface area contributed by atoms with Crippen LogP contribution in [0, 0.1) is 12.3 Å². The summed E-state index contributed by atoms with van der Waals surface area (Å²) in [6, 6.07) is 1.72. The van der Waals surface area contributed by atoms with E-state index in [1.54, 1.807) is 17.9 Å². The second-order valence-electron chi connectivity index (χ2n) is 8.03. The van der Waals surface area contributed by atoms with Crippen molar-refractivity contribution >= 4 is 11.9 Å². The van der Waals surface area contributed by atoms with Crippen molar-refractivity contribution in [1.82, 2.24) is 14.9 Å². The molecule has 0 aliphatic carbocycles. The Hall–Kier alpha value is -1.99. The number of likely N-dealkylation sites (tertiary alicyclic amines) is 1. The van der Waals surface area contributed by atoms with Crippen molar-refractivity contribution in [3.05, 3.63) is 17.6 Å². The first kappa shape index (κ1) is 17.8. The van der Waals surface area contributed by atoms with Crippen LogP contribution in [0.4, 0.5) is 19.4 Å². The first-order valence-corrected chi connectivity index (χ1v) is 8.44. The zero-order valence-electron chi connectivity index (χ0n) is 15.1. The molecule has 0 bridgehead atoms. The maximum absolute atomic E-state index is 12.9. The average molecular weight is 354 g/mol. The molecule has 3 heterocycles. The van der Waals surface area contributed by atoms with Crippen LogP contribution in [-0.4, -0.2) is 52.7 Å². The van der Waals surface area contributed by atoms with Gasteiger partial charge < -0.3 is 14.5 Å². The molecule has 2 fully saturated rings. The number of carbonyl (C=O) groups excluding carboxylic acids is 1. The summed E-state index contributed by atoms with van der Waals surface area (Å²) in [7, 11) is 0.